The zero-order chi connectivity index (χ0) is 15.3. The predicted octanol–water partition coefficient (Wildman–Crippen LogP) is 3.89. The molecule has 3 nitrogen and oxygen atoms in total. The van der Waals surface area contributed by atoms with Crippen molar-refractivity contribution >= 4 is 11.8 Å². The number of fused-ring (bicyclic) bond motifs is 3. The first-order chi connectivity index (χ1) is 9.82. The minimum absolute atomic E-state index is 0.0302. The van der Waals surface area contributed by atoms with Crippen molar-refractivity contribution in [3.8, 4) is 0 Å². The van der Waals surface area contributed by atoms with E-state index in [0.29, 0.717) is 18.6 Å². The first-order valence-corrected chi connectivity index (χ1v) is 8.55. The van der Waals surface area contributed by atoms with Crippen LogP contribution >= 0.6 is 0 Å². The molecule has 118 valence electrons. The maximum absolute atomic E-state index is 12.6. The van der Waals surface area contributed by atoms with Gasteiger partial charge in [0.2, 0.25) is 0 Å². The van der Waals surface area contributed by atoms with Gasteiger partial charge >= 0.3 is 5.97 Å². The van der Waals surface area contributed by atoms with Crippen LogP contribution in [0.25, 0.3) is 0 Å². The molecular formula is C18H28O3. The Labute approximate surface area is 127 Å². The Hall–Kier alpha value is -0.860. The molecule has 0 amide bonds. The molecule has 2 bridgehead atoms. The lowest BCUT2D eigenvalue weighted by Gasteiger charge is -2.56. The summed E-state index contributed by atoms with van der Waals surface area (Å²) in [4.78, 5) is 24.9. The quantitative estimate of drug-likeness (QED) is 0.725. The molecule has 0 saturated heterocycles. The van der Waals surface area contributed by atoms with Gasteiger partial charge in [-0.2, -0.15) is 0 Å². The fourth-order valence-corrected chi connectivity index (χ4v) is 5.21. The van der Waals surface area contributed by atoms with E-state index in [1.165, 1.54) is 19.3 Å². The molecule has 0 unspecified atom stereocenters. The molecule has 4 aliphatic rings. The molecule has 0 heterocycles. The Balaban J connectivity index is 1.72. The van der Waals surface area contributed by atoms with Gasteiger partial charge in [-0.25, -0.2) is 0 Å². The molecule has 21 heavy (non-hydrogen) atoms. The van der Waals surface area contributed by atoms with Crippen molar-refractivity contribution in [1.82, 2.24) is 0 Å². The first-order valence-electron chi connectivity index (χ1n) is 8.55. The highest BCUT2D eigenvalue weighted by atomic mass is 16.5. The molecule has 3 heteroatoms. The van der Waals surface area contributed by atoms with Crippen LogP contribution < -0.4 is 0 Å². The highest BCUT2D eigenvalue weighted by Gasteiger charge is 2.59. The molecule has 4 saturated carbocycles. The van der Waals surface area contributed by atoms with Crippen molar-refractivity contribution in [2.75, 3.05) is 0 Å². The zero-order valence-electron chi connectivity index (χ0n) is 13.6. The van der Waals surface area contributed by atoms with Crippen LogP contribution in [0, 0.1) is 22.7 Å². The number of carbonyl (C=O) groups excluding carboxylic acids is 2. The number of ketones is 1. The van der Waals surface area contributed by atoms with Gasteiger partial charge in [-0.3, -0.25) is 9.59 Å². The van der Waals surface area contributed by atoms with Crippen molar-refractivity contribution < 1.29 is 14.3 Å². The number of ether oxygens (including phenoxy) is 1. The summed E-state index contributed by atoms with van der Waals surface area (Å²) in [7, 11) is 0. The lowest BCUT2D eigenvalue weighted by atomic mass is 9.47. The van der Waals surface area contributed by atoms with Crippen molar-refractivity contribution in [2.45, 2.75) is 78.2 Å². The van der Waals surface area contributed by atoms with Gasteiger partial charge in [-0.05, 0) is 49.4 Å². The number of hydrogen-bond acceptors (Lipinski definition) is 3. The van der Waals surface area contributed by atoms with Crippen molar-refractivity contribution in [3.05, 3.63) is 0 Å². The van der Waals surface area contributed by atoms with Gasteiger partial charge in [-0.1, -0.05) is 27.2 Å². The Morgan fingerprint density at radius 2 is 1.81 bits per heavy atom. The highest BCUT2D eigenvalue weighted by Crippen LogP contribution is 2.59. The van der Waals surface area contributed by atoms with E-state index >= 15 is 0 Å². The minimum atomic E-state index is -0.193. The van der Waals surface area contributed by atoms with Crippen molar-refractivity contribution in [3.63, 3.8) is 0 Å². The van der Waals surface area contributed by atoms with E-state index in [1.54, 1.807) is 0 Å². The summed E-state index contributed by atoms with van der Waals surface area (Å²) in [5.41, 5.74) is -0.160. The highest BCUT2D eigenvalue weighted by molar-refractivity contribution is 5.87. The molecule has 4 aliphatic carbocycles. The summed E-state index contributed by atoms with van der Waals surface area (Å²) in [6.45, 7) is 6.47. The third-order valence-electron chi connectivity index (χ3n) is 6.20. The largest absolute Gasteiger partial charge is 0.462 e. The molecule has 0 aromatic carbocycles. The Morgan fingerprint density at radius 3 is 2.38 bits per heavy atom. The summed E-state index contributed by atoms with van der Waals surface area (Å²) in [5, 5.41) is 0. The van der Waals surface area contributed by atoms with Crippen LogP contribution in [0.1, 0.15) is 72.1 Å². The Kier molecular flexibility index (Phi) is 3.66. The van der Waals surface area contributed by atoms with E-state index in [-0.39, 0.29) is 34.7 Å². The maximum Gasteiger partial charge on any atom is 0.309 e. The molecule has 0 aliphatic heterocycles. The molecule has 4 rings (SSSR count). The van der Waals surface area contributed by atoms with Crippen LogP contribution in [0.3, 0.4) is 0 Å². The molecule has 0 spiro atoms. The summed E-state index contributed by atoms with van der Waals surface area (Å²) in [5.74, 6) is 0.297. The second kappa shape index (κ2) is 5.10. The predicted molar refractivity (Wildman–Crippen MR) is 80.7 cm³/mol. The maximum atomic E-state index is 12.6. The number of carbonyl (C=O) groups is 2. The van der Waals surface area contributed by atoms with Gasteiger partial charge in [0, 0.05) is 12.3 Å². The van der Waals surface area contributed by atoms with E-state index in [1.807, 2.05) is 0 Å². The molecule has 4 fully saturated rings. The standard InChI is InChI=1S/C18H28O3/c1-17(2)11-18(3)10-15(19)13(17)9-14(18)16(20)21-12-7-5-4-6-8-12/h12-14H,4-11H2,1-3H3/t13-,14+,18+/m0/s1. The Morgan fingerprint density at radius 1 is 1.14 bits per heavy atom. The van der Waals surface area contributed by atoms with Crippen LogP contribution in [0.15, 0.2) is 0 Å². The topological polar surface area (TPSA) is 43.4 Å². The fourth-order valence-electron chi connectivity index (χ4n) is 5.21. The average Bonchev–Trinajstić information content (AvgIpc) is 2.36. The van der Waals surface area contributed by atoms with Gasteiger partial charge in [0.15, 0.2) is 0 Å². The number of hydrogen-bond donors (Lipinski definition) is 0. The van der Waals surface area contributed by atoms with E-state index in [9.17, 15) is 9.59 Å². The van der Waals surface area contributed by atoms with E-state index in [0.717, 1.165) is 19.3 Å². The van der Waals surface area contributed by atoms with Crippen LogP contribution in [0.4, 0.5) is 0 Å². The van der Waals surface area contributed by atoms with Gasteiger partial charge in [-0.15, -0.1) is 0 Å². The molecule has 0 aromatic rings. The second-order valence-corrected chi connectivity index (χ2v) is 8.50. The first kappa shape index (κ1) is 15.1. The van der Waals surface area contributed by atoms with Crippen molar-refractivity contribution in [1.29, 1.82) is 0 Å². The summed E-state index contributed by atoms with van der Waals surface area (Å²) >= 11 is 0. The molecule has 3 atom stereocenters. The van der Waals surface area contributed by atoms with Crippen LogP contribution in [0.5, 0.6) is 0 Å². The SMILES string of the molecule is CC1(C)C[C@@]2(C)CC(=O)[C@@H]1C[C@@H]2C(=O)OC1CCCCC1. The van der Waals surface area contributed by atoms with E-state index in [4.69, 9.17) is 4.74 Å². The molecule has 0 N–H and O–H groups in total. The number of rotatable bonds is 2. The average molecular weight is 292 g/mol. The van der Waals surface area contributed by atoms with Gasteiger partial charge in [0.25, 0.3) is 0 Å². The molecule has 0 radical (unpaired) electrons. The third kappa shape index (κ3) is 2.64. The zero-order valence-corrected chi connectivity index (χ0v) is 13.6. The van der Waals surface area contributed by atoms with Crippen LogP contribution in [0.2, 0.25) is 0 Å². The van der Waals surface area contributed by atoms with Gasteiger partial charge in [0.05, 0.1) is 5.92 Å². The van der Waals surface area contributed by atoms with Crippen LogP contribution in [-0.2, 0) is 14.3 Å². The normalized spacial score (nSPS) is 39.3. The van der Waals surface area contributed by atoms with Gasteiger partial charge in [0.1, 0.15) is 11.9 Å². The number of esters is 1. The third-order valence-corrected chi connectivity index (χ3v) is 6.20. The fraction of sp³-hybridized carbons (Fsp3) is 0.889. The summed E-state index contributed by atoms with van der Waals surface area (Å²) in [6, 6.07) is 0. The van der Waals surface area contributed by atoms with Crippen molar-refractivity contribution in [2.24, 2.45) is 22.7 Å². The lowest BCUT2D eigenvalue weighted by molar-refractivity contribution is -0.176. The van der Waals surface area contributed by atoms with Gasteiger partial charge < -0.3 is 4.74 Å². The molecule has 0 aromatic heterocycles. The lowest BCUT2D eigenvalue weighted by Crippen LogP contribution is -2.56. The Bertz CT molecular complexity index is 447. The van der Waals surface area contributed by atoms with Crippen LogP contribution in [-0.4, -0.2) is 17.9 Å². The summed E-state index contributed by atoms with van der Waals surface area (Å²) in [6.07, 6.45) is 7.99. The molecular weight excluding hydrogens is 264 g/mol. The minimum Gasteiger partial charge on any atom is -0.462 e. The van der Waals surface area contributed by atoms with E-state index in [2.05, 4.69) is 20.8 Å². The summed E-state index contributed by atoms with van der Waals surface area (Å²) < 4.78 is 5.80. The number of Topliss-reactive ketones (excluding diaryl/α,β-unsaturated/α-hetero) is 1. The second-order valence-electron chi connectivity index (χ2n) is 8.50. The van der Waals surface area contributed by atoms with E-state index < -0.39 is 0 Å². The smallest absolute Gasteiger partial charge is 0.309 e. The monoisotopic (exact) mass is 292 g/mol.